The van der Waals surface area contributed by atoms with E-state index in [0.29, 0.717) is 23.5 Å². The summed E-state index contributed by atoms with van der Waals surface area (Å²) in [5.74, 6) is 0.296. The Balaban J connectivity index is 1.92. The van der Waals surface area contributed by atoms with Crippen LogP contribution in [0.15, 0.2) is 48.5 Å². The highest BCUT2D eigenvalue weighted by atomic mass is 16.5. The predicted molar refractivity (Wildman–Crippen MR) is 99.9 cm³/mol. The van der Waals surface area contributed by atoms with Crippen LogP contribution in [0.25, 0.3) is 0 Å². The minimum Gasteiger partial charge on any atom is -0.484 e. The first-order chi connectivity index (χ1) is 12.1. The van der Waals surface area contributed by atoms with Crippen LogP contribution in [0, 0.1) is 0 Å². The first-order valence-corrected chi connectivity index (χ1v) is 8.52. The number of carbonyl (C=O) groups excluding carboxylic acids is 2. The van der Waals surface area contributed by atoms with Crippen LogP contribution in [-0.4, -0.2) is 18.4 Å². The molecule has 0 radical (unpaired) electrons. The number of benzene rings is 2. The summed E-state index contributed by atoms with van der Waals surface area (Å²) < 4.78 is 5.50. The average molecular weight is 340 g/mol. The number of hydrogen-bond donors (Lipinski definition) is 2. The molecule has 0 aromatic heterocycles. The summed E-state index contributed by atoms with van der Waals surface area (Å²) in [4.78, 5) is 23.9. The van der Waals surface area contributed by atoms with Gasteiger partial charge in [-0.15, -0.1) is 0 Å². The molecule has 0 unspecified atom stereocenters. The maximum absolute atomic E-state index is 12.1. The van der Waals surface area contributed by atoms with Crippen molar-refractivity contribution in [1.82, 2.24) is 0 Å². The van der Waals surface area contributed by atoms with Crippen molar-refractivity contribution < 1.29 is 14.3 Å². The molecular formula is C20H24N2O3. The lowest BCUT2D eigenvalue weighted by Crippen LogP contribution is -2.21. The molecule has 2 aromatic rings. The van der Waals surface area contributed by atoms with Crippen molar-refractivity contribution in [3.05, 3.63) is 54.1 Å². The van der Waals surface area contributed by atoms with Crippen LogP contribution < -0.4 is 15.4 Å². The second kappa shape index (κ2) is 9.47. The van der Waals surface area contributed by atoms with Crippen LogP contribution in [-0.2, 0) is 16.0 Å². The summed E-state index contributed by atoms with van der Waals surface area (Å²) in [5, 5.41) is 5.58. The Morgan fingerprint density at radius 2 is 1.48 bits per heavy atom. The molecule has 2 N–H and O–H groups in total. The van der Waals surface area contributed by atoms with Gasteiger partial charge in [-0.25, -0.2) is 0 Å². The highest BCUT2D eigenvalue weighted by Crippen LogP contribution is 2.21. The van der Waals surface area contributed by atoms with Crippen LogP contribution in [0.5, 0.6) is 5.75 Å². The van der Waals surface area contributed by atoms with E-state index < -0.39 is 0 Å². The van der Waals surface area contributed by atoms with Gasteiger partial charge in [-0.1, -0.05) is 38.1 Å². The molecule has 0 aliphatic heterocycles. The number of nitrogens with one attached hydrogen (secondary N) is 2. The lowest BCUT2D eigenvalue weighted by molar-refractivity contribution is -0.118. The molecule has 0 aliphatic rings. The first kappa shape index (κ1) is 18.5. The zero-order valence-electron chi connectivity index (χ0n) is 14.7. The van der Waals surface area contributed by atoms with Gasteiger partial charge in [-0.2, -0.15) is 0 Å². The molecular weight excluding hydrogens is 316 g/mol. The summed E-state index contributed by atoms with van der Waals surface area (Å²) in [7, 11) is 0. The maximum Gasteiger partial charge on any atom is 0.262 e. The first-order valence-electron chi connectivity index (χ1n) is 8.52. The number of anilines is 2. The highest BCUT2D eigenvalue weighted by molar-refractivity contribution is 5.99. The van der Waals surface area contributed by atoms with E-state index in [-0.39, 0.29) is 18.4 Å². The fourth-order valence-corrected chi connectivity index (χ4v) is 2.30. The topological polar surface area (TPSA) is 67.4 Å². The minimum absolute atomic E-state index is 0.0727. The van der Waals surface area contributed by atoms with Crippen molar-refractivity contribution in [2.45, 2.75) is 33.1 Å². The molecule has 5 nitrogen and oxygen atoms in total. The Labute approximate surface area is 148 Å². The molecule has 0 saturated heterocycles. The number of hydrogen-bond acceptors (Lipinski definition) is 3. The fourth-order valence-electron chi connectivity index (χ4n) is 2.30. The van der Waals surface area contributed by atoms with Crippen LogP contribution >= 0.6 is 0 Å². The van der Waals surface area contributed by atoms with Crippen molar-refractivity contribution in [3.8, 4) is 5.75 Å². The van der Waals surface area contributed by atoms with Crippen molar-refractivity contribution in [2.24, 2.45) is 0 Å². The van der Waals surface area contributed by atoms with Gasteiger partial charge in [0.15, 0.2) is 6.61 Å². The number of amides is 2. The Kier molecular flexibility index (Phi) is 7.01. The van der Waals surface area contributed by atoms with Crippen LogP contribution in [0.4, 0.5) is 11.4 Å². The second-order valence-corrected chi connectivity index (χ2v) is 5.68. The van der Waals surface area contributed by atoms with Gasteiger partial charge in [0.1, 0.15) is 5.75 Å². The summed E-state index contributed by atoms with van der Waals surface area (Å²) >= 11 is 0. The molecule has 0 heterocycles. The van der Waals surface area contributed by atoms with Gasteiger partial charge < -0.3 is 15.4 Å². The van der Waals surface area contributed by atoms with Crippen molar-refractivity contribution in [1.29, 1.82) is 0 Å². The van der Waals surface area contributed by atoms with Gasteiger partial charge in [0.2, 0.25) is 5.91 Å². The van der Waals surface area contributed by atoms with Gasteiger partial charge in [-0.05, 0) is 42.7 Å². The molecule has 0 aliphatic carbocycles. The number of para-hydroxylation sites is 2. The fraction of sp³-hybridized carbons (Fsp3) is 0.300. The van der Waals surface area contributed by atoms with E-state index in [9.17, 15) is 9.59 Å². The van der Waals surface area contributed by atoms with Gasteiger partial charge >= 0.3 is 0 Å². The number of ether oxygens (including phenoxy) is 1. The zero-order chi connectivity index (χ0) is 18.1. The lowest BCUT2D eigenvalue weighted by Gasteiger charge is -2.12. The standard InChI is InChI=1S/C20H24N2O3/c1-3-7-19(23)21-17-8-5-6-9-18(17)22-20(24)14-25-16-12-10-15(4-2)11-13-16/h5-6,8-13H,3-4,7,14H2,1-2H3,(H,21,23)(H,22,24). The molecule has 2 aromatic carbocycles. The summed E-state index contributed by atoms with van der Waals surface area (Å²) in [6, 6.07) is 14.8. The van der Waals surface area contributed by atoms with Crippen molar-refractivity contribution in [3.63, 3.8) is 0 Å². The Bertz CT molecular complexity index is 711. The van der Waals surface area contributed by atoms with E-state index in [0.717, 1.165) is 12.8 Å². The zero-order valence-corrected chi connectivity index (χ0v) is 14.7. The Hall–Kier alpha value is -2.82. The second-order valence-electron chi connectivity index (χ2n) is 5.68. The largest absolute Gasteiger partial charge is 0.484 e. The SMILES string of the molecule is CCCC(=O)Nc1ccccc1NC(=O)COc1ccc(CC)cc1. The molecule has 132 valence electrons. The molecule has 25 heavy (non-hydrogen) atoms. The third kappa shape index (κ3) is 5.95. The van der Waals surface area contributed by atoms with E-state index in [1.807, 2.05) is 37.3 Å². The van der Waals surface area contributed by atoms with Gasteiger partial charge in [0.05, 0.1) is 11.4 Å². The van der Waals surface area contributed by atoms with Crippen LogP contribution in [0.1, 0.15) is 32.3 Å². The minimum atomic E-state index is -0.281. The van der Waals surface area contributed by atoms with Crippen molar-refractivity contribution >= 4 is 23.2 Å². The third-order valence-corrected chi connectivity index (χ3v) is 3.65. The number of aryl methyl sites for hydroxylation is 1. The Morgan fingerprint density at radius 3 is 2.04 bits per heavy atom. The molecule has 2 amide bonds. The monoisotopic (exact) mass is 340 g/mol. The van der Waals surface area contributed by atoms with Crippen molar-refractivity contribution in [2.75, 3.05) is 17.2 Å². The van der Waals surface area contributed by atoms with Crippen LogP contribution in [0.3, 0.4) is 0 Å². The molecule has 0 saturated carbocycles. The number of rotatable bonds is 8. The normalized spacial score (nSPS) is 10.2. The quantitative estimate of drug-likeness (QED) is 0.763. The molecule has 5 heteroatoms. The van der Waals surface area contributed by atoms with Gasteiger partial charge in [0, 0.05) is 6.42 Å². The molecule has 0 bridgehead atoms. The Morgan fingerprint density at radius 1 is 0.880 bits per heavy atom. The summed E-state index contributed by atoms with van der Waals surface area (Å²) in [5.41, 5.74) is 2.36. The summed E-state index contributed by atoms with van der Waals surface area (Å²) in [6.07, 6.45) is 2.17. The smallest absolute Gasteiger partial charge is 0.262 e. The molecule has 2 rings (SSSR count). The third-order valence-electron chi connectivity index (χ3n) is 3.65. The van der Waals surface area contributed by atoms with Gasteiger partial charge in [-0.3, -0.25) is 9.59 Å². The maximum atomic E-state index is 12.1. The van der Waals surface area contributed by atoms with E-state index in [1.165, 1.54) is 5.56 Å². The van der Waals surface area contributed by atoms with E-state index in [2.05, 4.69) is 17.6 Å². The molecule has 0 fully saturated rings. The lowest BCUT2D eigenvalue weighted by atomic mass is 10.2. The van der Waals surface area contributed by atoms with E-state index in [4.69, 9.17) is 4.74 Å². The molecule has 0 spiro atoms. The highest BCUT2D eigenvalue weighted by Gasteiger charge is 2.09. The van der Waals surface area contributed by atoms with Gasteiger partial charge in [0.25, 0.3) is 5.91 Å². The number of carbonyl (C=O) groups is 2. The van der Waals surface area contributed by atoms with Crippen LogP contribution in [0.2, 0.25) is 0 Å². The predicted octanol–water partition coefficient (Wildman–Crippen LogP) is 4.01. The molecule has 0 atom stereocenters. The average Bonchev–Trinajstić information content (AvgIpc) is 2.62. The van der Waals surface area contributed by atoms with E-state index in [1.54, 1.807) is 18.2 Å². The summed E-state index contributed by atoms with van der Waals surface area (Å²) in [6.45, 7) is 3.93. The van der Waals surface area contributed by atoms with E-state index >= 15 is 0 Å².